The quantitative estimate of drug-likeness (QED) is 0.441. The zero-order chi connectivity index (χ0) is 6.54. The van der Waals surface area contributed by atoms with Crippen LogP contribution in [-0.2, 0) is 0 Å². The monoisotopic (exact) mass is 130 g/mol. The van der Waals surface area contributed by atoms with Crippen molar-refractivity contribution < 1.29 is 8.78 Å². The van der Waals surface area contributed by atoms with Gasteiger partial charge in [-0.1, -0.05) is 0 Å². The lowest BCUT2D eigenvalue weighted by Crippen LogP contribution is -2.12. The Morgan fingerprint density at radius 2 is 1.44 bits per heavy atom. The molecule has 0 aliphatic heterocycles. The van der Waals surface area contributed by atoms with Crippen molar-refractivity contribution in [2.45, 2.75) is 30.6 Å². The maximum atomic E-state index is 13.0. The Labute approximate surface area is 52.6 Å². The summed E-state index contributed by atoms with van der Waals surface area (Å²) in [5.74, 6) is 0. The summed E-state index contributed by atoms with van der Waals surface area (Å²) in [4.78, 5) is 0. The molecule has 0 aromatic heterocycles. The Morgan fingerprint density at radius 1 is 1.00 bits per heavy atom. The van der Waals surface area contributed by atoms with Crippen LogP contribution < -0.4 is 0 Å². The first-order valence-corrected chi connectivity index (χ1v) is 3.20. The van der Waals surface area contributed by atoms with E-state index in [2.05, 4.69) is 0 Å². The van der Waals surface area contributed by atoms with Crippen molar-refractivity contribution in [3.63, 3.8) is 0 Å². The summed E-state index contributed by atoms with van der Waals surface area (Å²) in [7, 11) is 0. The lowest BCUT2D eigenvalue weighted by molar-refractivity contribution is 0.205. The van der Waals surface area contributed by atoms with Crippen molar-refractivity contribution in [1.82, 2.24) is 0 Å². The summed E-state index contributed by atoms with van der Waals surface area (Å²) < 4.78 is 26.0. The number of allylic oxidation sites excluding steroid dienone is 2. The smallest absolute Gasteiger partial charge is 0.132 e. The molecule has 9 heavy (non-hydrogen) atoms. The van der Waals surface area contributed by atoms with Crippen LogP contribution in [0.2, 0.25) is 0 Å². The molecule has 0 radical (unpaired) electrons. The molecule has 2 atom stereocenters. The highest BCUT2D eigenvalue weighted by molar-refractivity contribution is 5.25. The van der Waals surface area contributed by atoms with E-state index in [1.165, 1.54) is 12.2 Å². The molecule has 0 N–H and O–H groups in total. The first kappa shape index (κ1) is 5.39. The second-order valence-corrected chi connectivity index (χ2v) is 3.08. The summed E-state index contributed by atoms with van der Waals surface area (Å²) in [6, 6.07) is 0. The van der Waals surface area contributed by atoms with Gasteiger partial charge in [0, 0.05) is 6.42 Å². The summed E-state index contributed by atoms with van der Waals surface area (Å²) >= 11 is 0. The summed E-state index contributed by atoms with van der Waals surface area (Å²) in [5, 5.41) is 0. The van der Waals surface area contributed by atoms with Gasteiger partial charge in [-0.05, 0) is 25.0 Å². The van der Waals surface area contributed by atoms with E-state index >= 15 is 0 Å². The second kappa shape index (κ2) is 1.20. The van der Waals surface area contributed by atoms with Crippen molar-refractivity contribution >= 4 is 0 Å². The van der Waals surface area contributed by atoms with Crippen LogP contribution >= 0.6 is 0 Å². The third-order valence-electron chi connectivity index (χ3n) is 2.22. The number of hydrogen-bond acceptors (Lipinski definition) is 0. The van der Waals surface area contributed by atoms with Crippen LogP contribution in [0.15, 0.2) is 12.2 Å². The van der Waals surface area contributed by atoms with Crippen LogP contribution in [0.25, 0.3) is 0 Å². The van der Waals surface area contributed by atoms with E-state index in [0.29, 0.717) is 12.8 Å². The number of rotatable bonds is 0. The van der Waals surface area contributed by atoms with Crippen LogP contribution in [-0.4, -0.2) is 11.3 Å². The van der Waals surface area contributed by atoms with Crippen LogP contribution in [0, 0.1) is 0 Å². The fourth-order valence-corrected chi connectivity index (χ4v) is 1.66. The van der Waals surface area contributed by atoms with Gasteiger partial charge in [0.1, 0.15) is 11.3 Å². The molecule has 1 saturated carbocycles. The third kappa shape index (κ3) is 0.620. The molecule has 50 valence electrons. The lowest BCUT2D eigenvalue weighted by atomic mass is 10.1. The predicted molar refractivity (Wildman–Crippen MR) is 30.7 cm³/mol. The highest BCUT2D eigenvalue weighted by Gasteiger charge is 2.51. The number of alkyl halides is 2. The molecule has 2 heteroatoms. The molecule has 0 heterocycles. The van der Waals surface area contributed by atoms with Gasteiger partial charge in [0.2, 0.25) is 0 Å². The summed E-state index contributed by atoms with van der Waals surface area (Å²) in [6.07, 6.45) is 3.56. The SMILES string of the molecule is FC12C=CC(F)(CC1)C2. The van der Waals surface area contributed by atoms with Gasteiger partial charge < -0.3 is 0 Å². The van der Waals surface area contributed by atoms with Crippen molar-refractivity contribution in [1.29, 1.82) is 0 Å². The van der Waals surface area contributed by atoms with Gasteiger partial charge >= 0.3 is 0 Å². The Hall–Kier alpha value is -0.400. The van der Waals surface area contributed by atoms with E-state index in [4.69, 9.17) is 0 Å². The largest absolute Gasteiger partial charge is 0.239 e. The normalized spacial score (nSPS) is 54.9. The van der Waals surface area contributed by atoms with Crippen molar-refractivity contribution in [2.75, 3.05) is 0 Å². The number of fused-ring (bicyclic) bond motifs is 2. The van der Waals surface area contributed by atoms with Gasteiger partial charge in [0.05, 0.1) is 0 Å². The average molecular weight is 130 g/mol. The molecule has 2 aliphatic rings. The third-order valence-corrected chi connectivity index (χ3v) is 2.22. The zero-order valence-electron chi connectivity index (χ0n) is 5.03. The lowest BCUT2D eigenvalue weighted by Gasteiger charge is -2.09. The van der Waals surface area contributed by atoms with Crippen molar-refractivity contribution in [3.05, 3.63) is 12.2 Å². The van der Waals surface area contributed by atoms with E-state index < -0.39 is 11.3 Å². The number of halogens is 2. The molecule has 0 spiro atoms. The van der Waals surface area contributed by atoms with E-state index in [1.54, 1.807) is 0 Å². The molecule has 0 saturated heterocycles. The molecule has 0 aromatic rings. The molecule has 0 aromatic carbocycles. The Bertz CT molecular complexity index is 158. The maximum Gasteiger partial charge on any atom is 0.132 e. The predicted octanol–water partition coefficient (Wildman–Crippen LogP) is 2.16. The molecule has 2 rings (SSSR count). The van der Waals surface area contributed by atoms with E-state index in [-0.39, 0.29) is 6.42 Å². The summed E-state index contributed by atoms with van der Waals surface area (Å²) in [6.45, 7) is 0. The van der Waals surface area contributed by atoms with Crippen LogP contribution in [0.1, 0.15) is 19.3 Å². The van der Waals surface area contributed by atoms with Crippen LogP contribution in [0.4, 0.5) is 8.78 Å². The first-order chi connectivity index (χ1) is 4.12. The van der Waals surface area contributed by atoms with Gasteiger partial charge in [-0.15, -0.1) is 0 Å². The Balaban J connectivity index is 2.37. The molecular formula is C7H8F2. The van der Waals surface area contributed by atoms with Gasteiger partial charge in [-0.3, -0.25) is 0 Å². The first-order valence-electron chi connectivity index (χ1n) is 3.20. The highest BCUT2D eigenvalue weighted by atomic mass is 19.2. The number of hydrogen-bond donors (Lipinski definition) is 0. The van der Waals surface area contributed by atoms with Gasteiger partial charge in [-0.2, -0.15) is 0 Å². The molecule has 1 fully saturated rings. The van der Waals surface area contributed by atoms with Gasteiger partial charge in [-0.25, -0.2) is 8.78 Å². The minimum Gasteiger partial charge on any atom is -0.239 e. The van der Waals surface area contributed by atoms with Crippen molar-refractivity contribution in [2.24, 2.45) is 0 Å². The Morgan fingerprint density at radius 3 is 1.56 bits per heavy atom. The molecule has 2 unspecified atom stereocenters. The van der Waals surface area contributed by atoms with E-state index in [0.717, 1.165) is 0 Å². The standard InChI is InChI=1S/C7H8F2/c8-6-1-2-7(9,5-6)4-3-6/h1-2H,3-5H2. The molecular weight excluding hydrogens is 122 g/mol. The highest BCUT2D eigenvalue weighted by Crippen LogP contribution is 2.49. The molecule has 0 amide bonds. The van der Waals surface area contributed by atoms with Gasteiger partial charge in [0.25, 0.3) is 0 Å². The van der Waals surface area contributed by atoms with Crippen molar-refractivity contribution in [3.8, 4) is 0 Å². The molecule has 0 nitrogen and oxygen atoms in total. The fourth-order valence-electron chi connectivity index (χ4n) is 1.66. The fraction of sp³-hybridized carbons (Fsp3) is 0.714. The minimum absolute atomic E-state index is 0.0694. The van der Waals surface area contributed by atoms with Crippen LogP contribution in [0.5, 0.6) is 0 Å². The van der Waals surface area contributed by atoms with E-state index in [1.807, 2.05) is 0 Å². The maximum absolute atomic E-state index is 13.0. The summed E-state index contributed by atoms with van der Waals surface area (Å²) in [5.41, 5.74) is -2.57. The minimum atomic E-state index is -1.28. The average Bonchev–Trinajstić information content (AvgIpc) is 2.19. The van der Waals surface area contributed by atoms with E-state index in [9.17, 15) is 8.78 Å². The molecule has 2 aliphatic carbocycles. The van der Waals surface area contributed by atoms with Crippen LogP contribution in [0.3, 0.4) is 0 Å². The Kier molecular flexibility index (Phi) is 0.719. The molecule has 2 bridgehead atoms. The second-order valence-electron chi connectivity index (χ2n) is 3.08. The zero-order valence-corrected chi connectivity index (χ0v) is 5.03. The topological polar surface area (TPSA) is 0 Å². The van der Waals surface area contributed by atoms with Gasteiger partial charge in [0.15, 0.2) is 0 Å².